The number of amides is 1. The van der Waals surface area contributed by atoms with Crippen molar-refractivity contribution >= 4 is 42.1 Å². The molecule has 1 unspecified atom stereocenters. The first-order valence-corrected chi connectivity index (χ1v) is 9.03. The van der Waals surface area contributed by atoms with Crippen LogP contribution in [0.2, 0.25) is 0 Å². The zero-order valence-electron chi connectivity index (χ0n) is 14.2. The molecule has 0 spiro atoms. The lowest BCUT2D eigenvalue weighted by Crippen LogP contribution is -2.46. The molecular formula is C17H25Cl2N3O2S. The Morgan fingerprint density at radius 1 is 1.40 bits per heavy atom. The van der Waals surface area contributed by atoms with Gasteiger partial charge in [-0.3, -0.25) is 4.79 Å². The van der Waals surface area contributed by atoms with E-state index in [4.69, 9.17) is 10.2 Å². The Morgan fingerprint density at radius 3 is 2.72 bits per heavy atom. The summed E-state index contributed by atoms with van der Waals surface area (Å²) in [5, 5.41) is 3.84. The number of rotatable bonds is 5. The number of carbonyl (C=O) groups excluding carboxylic acids is 1. The molecule has 1 aliphatic rings. The summed E-state index contributed by atoms with van der Waals surface area (Å²) in [6.07, 6.45) is 7.66. The van der Waals surface area contributed by atoms with E-state index in [1.807, 2.05) is 19.1 Å². The molecule has 2 heterocycles. The Labute approximate surface area is 164 Å². The van der Waals surface area contributed by atoms with Gasteiger partial charge in [0.15, 0.2) is 10.8 Å². The predicted octanol–water partition coefficient (Wildman–Crippen LogP) is 4.19. The molecule has 3 N–H and O–H groups in total. The number of hydrogen-bond donors (Lipinski definition) is 2. The number of aromatic nitrogens is 1. The standard InChI is InChI=1S/C17H23N3O2S.2ClH/c1-11-15(20-17(23-11)14-8-5-9-22-14)16(21)19-13(10-18)12-6-3-2-4-7-12;;/h5,8-9,12-13H,2-4,6-7,10,18H2,1H3,(H,19,21);2*1H. The predicted molar refractivity (Wildman–Crippen MR) is 106 cm³/mol. The van der Waals surface area contributed by atoms with Crippen molar-refractivity contribution in [3.05, 3.63) is 29.0 Å². The molecule has 1 aliphatic carbocycles. The molecule has 140 valence electrons. The first kappa shape index (κ1) is 22.0. The Morgan fingerprint density at radius 2 is 2.12 bits per heavy atom. The highest BCUT2D eigenvalue weighted by atomic mass is 35.5. The van der Waals surface area contributed by atoms with Crippen molar-refractivity contribution < 1.29 is 9.21 Å². The maximum Gasteiger partial charge on any atom is 0.271 e. The Balaban J connectivity index is 0.00000156. The largest absolute Gasteiger partial charge is 0.462 e. The summed E-state index contributed by atoms with van der Waals surface area (Å²) in [6, 6.07) is 3.71. The maximum absolute atomic E-state index is 12.6. The van der Waals surface area contributed by atoms with Crippen molar-refractivity contribution in [3.8, 4) is 10.8 Å². The van der Waals surface area contributed by atoms with Gasteiger partial charge in [0.25, 0.3) is 5.91 Å². The summed E-state index contributed by atoms with van der Waals surface area (Å²) in [5.74, 6) is 1.05. The molecular weight excluding hydrogens is 381 g/mol. The van der Waals surface area contributed by atoms with Crippen LogP contribution in [0.1, 0.15) is 47.5 Å². The first-order valence-electron chi connectivity index (χ1n) is 8.21. The lowest BCUT2D eigenvalue weighted by atomic mass is 9.84. The van der Waals surface area contributed by atoms with Crippen LogP contribution >= 0.6 is 36.2 Å². The third-order valence-corrected chi connectivity index (χ3v) is 5.52. The van der Waals surface area contributed by atoms with E-state index in [-0.39, 0.29) is 36.8 Å². The minimum atomic E-state index is -0.127. The van der Waals surface area contributed by atoms with E-state index in [0.717, 1.165) is 22.7 Å². The first-order chi connectivity index (χ1) is 11.2. The average Bonchev–Trinajstić information content (AvgIpc) is 3.22. The molecule has 0 aliphatic heterocycles. The summed E-state index contributed by atoms with van der Waals surface area (Å²) < 4.78 is 5.36. The van der Waals surface area contributed by atoms with E-state index in [1.165, 1.54) is 30.6 Å². The quantitative estimate of drug-likeness (QED) is 0.780. The summed E-state index contributed by atoms with van der Waals surface area (Å²) in [6.45, 7) is 2.39. The number of nitrogens with one attached hydrogen (secondary N) is 1. The summed E-state index contributed by atoms with van der Waals surface area (Å²) in [7, 11) is 0. The number of furan rings is 1. The number of aryl methyl sites for hydroxylation is 1. The summed E-state index contributed by atoms with van der Waals surface area (Å²) in [4.78, 5) is 18.0. The average molecular weight is 406 g/mol. The Kier molecular flexibility index (Phi) is 8.93. The van der Waals surface area contributed by atoms with Gasteiger partial charge in [-0.2, -0.15) is 0 Å². The van der Waals surface area contributed by atoms with Gasteiger partial charge in [0.2, 0.25) is 0 Å². The fraction of sp³-hybridized carbons (Fsp3) is 0.529. The SMILES string of the molecule is Cc1sc(-c2ccco2)nc1C(=O)NC(CN)C1CCCCC1.Cl.Cl. The molecule has 1 atom stereocenters. The number of nitrogens with zero attached hydrogens (tertiary/aromatic N) is 1. The highest BCUT2D eigenvalue weighted by molar-refractivity contribution is 7.15. The van der Waals surface area contributed by atoms with Crippen LogP contribution in [0.5, 0.6) is 0 Å². The highest BCUT2D eigenvalue weighted by Gasteiger charge is 2.26. The van der Waals surface area contributed by atoms with E-state index in [0.29, 0.717) is 23.9 Å². The maximum atomic E-state index is 12.6. The van der Waals surface area contributed by atoms with Crippen LogP contribution in [0.3, 0.4) is 0 Å². The molecule has 1 fully saturated rings. The van der Waals surface area contributed by atoms with E-state index < -0.39 is 0 Å². The van der Waals surface area contributed by atoms with Gasteiger partial charge in [-0.05, 0) is 37.8 Å². The zero-order chi connectivity index (χ0) is 16.2. The summed E-state index contributed by atoms with van der Waals surface area (Å²) >= 11 is 1.47. The molecule has 25 heavy (non-hydrogen) atoms. The number of carbonyl (C=O) groups is 1. The van der Waals surface area contributed by atoms with Crippen molar-refractivity contribution in [1.82, 2.24) is 10.3 Å². The topological polar surface area (TPSA) is 81.2 Å². The van der Waals surface area contributed by atoms with Crippen molar-refractivity contribution in [2.24, 2.45) is 11.7 Å². The van der Waals surface area contributed by atoms with Gasteiger partial charge in [-0.1, -0.05) is 19.3 Å². The van der Waals surface area contributed by atoms with Crippen LogP contribution in [0.25, 0.3) is 10.8 Å². The van der Waals surface area contributed by atoms with E-state index >= 15 is 0 Å². The van der Waals surface area contributed by atoms with E-state index in [1.54, 1.807) is 6.26 Å². The van der Waals surface area contributed by atoms with Crippen molar-refractivity contribution in [2.75, 3.05) is 6.54 Å². The molecule has 3 rings (SSSR count). The van der Waals surface area contributed by atoms with E-state index in [2.05, 4.69) is 10.3 Å². The van der Waals surface area contributed by atoms with Crippen LogP contribution in [0, 0.1) is 12.8 Å². The number of nitrogens with two attached hydrogens (primary N) is 1. The fourth-order valence-corrected chi connectivity index (χ4v) is 4.13. The molecule has 0 aromatic carbocycles. The van der Waals surface area contributed by atoms with E-state index in [9.17, 15) is 4.79 Å². The third-order valence-electron chi connectivity index (χ3n) is 4.53. The van der Waals surface area contributed by atoms with Gasteiger partial charge in [0.05, 0.1) is 6.26 Å². The molecule has 5 nitrogen and oxygen atoms in total. The van der Waals surface area contributed by atoms with Crippen molar-refractivity contribution in [2.45, 2.75) is 45.1 Å². The van der Waals surface area contributed by atoms with Gasteiger partial charge >= 0.3 is 0 Å². The fourth-order valence-electron chi connectivity index (χ4n) is 3.26. The van der Waals surface area contributed by atoms with Crippen LogP contribution < -0.4 is 11.1 Å². The number of halogens is 2. The molecule has 0 bridgehead atoms. The monoisotopic (exact) mass is 405 g/mol. The lowest BCUT2D eigenvalue weighted by Gasteiger charge is -2.29. The molecule has 2 aromatic heterocycles. The van der Waals surface area contributed by atoms with Gasteiger partial charge in [-0.25, -0.2) is 4.98 Å². The van der Waals surface area contributed by atoms with Crippen LogP contribution in [-0.4, -0.2) is 23.5 Å². The lowest BCUT2D eigenvalue weighted by molar-refractivity contribution is 0.0910. The van der Waals surface area contributed by atoms with Gasteiger partial charge in [0, 0.05) is 17.5 Å². The minimum Gasteiger partial charge on any atom is -0.462 e. The van der Waals surface area contributed by atoms with Gasteiger partial charge in [0.1, 0.15) is 5.69 Å². The third kappa shape index (κ3) is 5.20. The molecule has 2 aromatic rings. The normalized spacial score (nSPS) is 15.8. The number of thiazole rings is 1. The zero-order valence-corrected chi connectivity index (χ0v) is 16.6. The van der Waals surface area contributed by atoms with Crippen molar-refractivity contribution in [3.63, 3.8) is 0 Å². The minimum absolute atomic E-state index is 0. The van der Waals surface area contributed by atoms with Gasteiger partial charge in [-0.15, -0.1) is 36.2 Å². The number of hydrogen-bond acceptors (Lipinski definition) is 5. The molecule has 0 radical (unpaired) electrons. The second kappa shape index (κ2) is 10.2. The van der Waals surface area contributed by atoms with Crippen molar-refractivity contribution in [1.29, 1.82) is 0 Å². The van der Waals surface area contributed by atoms with Crippen LogP contribution in [0.4, 0.5) is 0 Å². The Hall–Kier alpha value is -1.08. The van der Waals surface area contributed by atoms with Crippen LogP contribution in [-0.2, 0) is 0 Å². The molecule has 0 saturated heterocycles. The Bertz CT molecular complexity index is 655. The second-order valence-corrected chi connectivity index (χ2v) is 7.32. The van der Waals surface area contributed by atoms with Crippen LogP contribution in [0.15, 0.2) is 22.8 Å². The second-order valence-electron chi connectivity index (χ2n) is 6.11. The summed E-state index contributed by atoms with van der Waals surface area (Å²) in [5.41, 5.74) is 6.38. The molecule has 8 heteroatoms. The molecule has 1 amide bonds. The smallest absolute Gasteiger partial charge is 0.271 e. The highest BCUT2D eigenvalue weighted by Crippen LogP contribution is 2.29. The molecule has 1 saturated carbocycles. The van der Waals surface area contributed by atoms with Gasteiger partial charge < -0.3 is 15.5 Å².